The Hall–Kier alpha value is -6.14. The zero-order valence-electron chi connectivity index (χ0n) is 41.5. The summed E-state index contributed by atoms with van der Waals surface area (Å²) in [6, 6.07) is 7.59. The number of aromatic hydroxyl groups is 3. The number of benzene rings is 3. The highest BCUT2D eigenvalue weighted by Gasteiger charge is 2.50. The number of nitrogens with zero attached hydrogens (tertiary/aromatic N) is 3. The number of Topliss-reactive ketones (excluding diaryl/α,β-unsaturated/α-hetero) is 1. The minimum atomic E-state index is -2.07. The number of hydrogen-bond donors (Lipinski definition) is 6. The Morgan fingerprint density at radius 2 is 1.61 bits per heavy atom. The van der Waals surface area contributed by atoms with Gasteiger partial charge in [-0.15, -0.1) is 0 Å². The molecule has 11 atom stereocenters. The summed E-state index contributed by atoms with van der Waals surface area (Å²) in [7, 11) is 3.07. The first-order valence-electron chi connectivity index (χ1n) is 23.3. The molecular weight excluding hydrogens is 889 g/mol. The van der Waals surface area contributed by atoms with Gasteiger partial charge in [-0.25, -0.2) is 0 Å². The predicted molar refractivity (Wildman–Crippen MR) is 260 cm³/mol. The Morgan fingerprint density at radius 3 is 2.25 bits per heavy atom. The molecule has 0 saturated carbocycles. The van der Waals surface area contributed by atoms with E-state index in [4.69, 9.17) is 28.8 Å². The minimum Gasteiger partial charge on any atom is -0.507 e. The molecule has 0 aliphatic carbocycles. The van der Waals surface area contributed by atoms with Crippen LogP contribution in [0, 0.1) is 30.6 Å². The number of carbonyl (C=O) groups is 3. The minimum absolute atomic E-state index is 0.0439. The lowest BCUT2D eigenvalue weighted by molar-refractivity contribution is -0.160. The van der Waals surface area contributed by atoms with Gasteiger partial charge in [0.1, 0.15) is 29.1 Å². The average Bonchev–Trinajstić information content (AvgIpc) is 3.57. The lowest BCUT2D eigenvalue weighted by Crippen LogP contribution is -2.54. The van der Waals surface area contributed by atoms with Crippen molar-refractivity contribution in [1.29, 1.82) is 0 Å². The predicted octanol–water partition coefficient (Wildman–Crippen LogP) is 6.69. The zero-order valence-corrected chi connectivity index (χ0v) is 41.5. The molecule has 17 nitrogen and oxygen atoms in total. The van der Waals surface area contributed by atoms with E-state index in [0.29, 0.717) is 19.6 Å². The number of esters is 1. The van der Waals surface area contributed by atoms with E-state index >= 15 is 0 Å². The van der Waals surface area contributed by atoms with Crippen molar-refractivity contribution in [3.63, 3.8) is 0 Å². The van der Waals surface area contributed by atoms with Gasteiger partial charge in [-0.2, -0.15) is 5.10 Å². The van der Waals surface area contributed by atoms with Gasteiger partial charge >= 0.3 is 11.8 Å². The fraction of sp³-hybridized carbons (Fsp3) is 0.500. The van der Waals surface area contributed by atoms with Gasteiger partial charge in [0.05, 0.1) is 72.2 Å². The summed E-state index contributed by atoms with van der Waals surface area (Å²) >= 11 is 0. The van der Waals surface area contributed by atoms with Gasteiger partial charge in [-0.05, 0) is 51.5 Å². The zero-order chi connectivity index (χ0) is 50.8. The molecule has 4 heterocycles. The number of aliphatic hydroxyl groups excluding tert-OH is 2. The number of phenolic OH excluding ortho intramolecular Hbond substituents is 3. The summed E-state index contributed by atoms with van der Waals surface area (Å²) in [6.45, 7) is 18.5. The van der Waals surface area contributed by atoms with Gasteiger partial charge in [0, 0.05) is 80.8 Å². The third-order valence-corrected chi connectivity index (χ3v) is 13.8. The van der Waals surface area contributed by atoms with Gasteiger partial charge in [-0.1, -0.05) is 58.1 Å². The van der Waals surface area contributed by atoms with Crippen molar-refractivity contribution in [1.82, 2.24) is 9.91 Å². The summed E-state index contributed by atoms with van der Waals surface area (Å²) in [5, 5.41) is 68.2. The number of fused-ring (bicyclic) bond motifs is 14. The van der Waals surface area contributed by atoms with Crippen LogP contribution in [-0.2, 0) is 30.3 Å². The van der Waals surface area contributed by atoms with E-state index in [9.17, 15) is 39.9 Å². The number of hydrazone groups is 1. The lowest BCUT2D eigenvalue weighted by Gasteiger charge is -2.42. The number of allylic oxidation sites excluding steroid dienone is 2. The first-order chi connectivity index (χ1) is 32.5. The number of methoxy groups -OCH3 is 2. The number of carbonyl (C=O) groups excluding carboxylic acids is 3. The van der Waals surface area contributed by atoms with E-state index in [1.54, 1.807) is 47.0 Å². The van der Waals surface area contributed by atoms with E-state index < -0.39 is 88.8 Å². The Morgan fingerprint density at radius 1 is 0.928 bits per heavy atom. The van der Waals surface area contributed by atoms with Crippen LogP contribution in [0.3, 0.4) is 0 Å². The molecule has 4 aliphatic rings. The second kappa shape index (κ2) is 21.2. The monoisotopic (exact) mass is 956 g/mol. The lowest BCUT2D eigenvalue weighted by atomic mass is 9.78. The van der Waals surface area contributed by atoms with Crippen molar-refractivity contribution in [2.24, 2.45) is 28.8 Å². The molecule has 1 amide bonds. The van der Waals surface area contributed by atoms with Crippen LogP contribution in [0.4, 0.5) is 5.69 Å². The summed E-state index contributed by atoms with van der Waals surface area (Å²) in [6.07, 6.45) is 4.84. The molecule has 5 bridgehead atoms. The average molecular weight is 957 g/mol. The maximum atomic E-state index is 14.7. The standard InChI is InChI=1S/C52H68N4O13/c1-26-15-13-16-27(2)51(64)54-42-37(22-53-56-28(3)23-55(24-29(56)4)25-35-17-14-18-36(21-35)65-11)46(61)39-40(47(42)62)45(60)33(8)49-41(39)50(63)52(10,69-49)67-20-19-38(66-12)30(5)48(68-34(9)57)32(7)44(59)31(6)43(26)58/h13-22,26,28-32,38,43-44,48,58-62H,23-25H2,1-12H3,(H,54,64)/t26-,28-,29-,30-,31+,32+,38-,43+,44+,48-,52-/m0/s1. The molecule has 374 valence electrons. The number of rotatable bonds is 7. The summed E-state index contributed by atoms with van der Waals surface area (Å²) in [5.74, 6) is -7.77. The number of hydrogen-bond acceptors (Lipinski definition) is 16. The smallest absolute Gasteiger partial charge is 0.312 e. The summed E-state index contributed by atoms with van der Waals surface area (Å²) < 4.78 is 29.2. The van der Waals surface area contributed by atoms with Crippen LogP contribution in [0.15, 0.2) is 65.5 Å². The molecule has 1 fully saturated rings. The fourth-order valence-corrected chi connectivity index (χ4v) is 9.81. The molecule has 0 spiro atoms. The Labute approximate surface area is 403 Å². The van der Waals surface area contributed by atoms with Crippen molar-refractivity contribution in [3.8, 4) is 28.7 Å². The molecular formula is C52H68N4O13. The van der Waals surface area contributed by atoms with Gasteiger partial charge < -0.3 is 54.5 Å². The van der Waals surface area contributed by atoms with Crippen LogP contribution in [-0.4, -0.2) is 129 Å². The number of ketones is 1. The molecule has 1 saturated heterocycles. The fourth-order valence-electron chi connectivity index (χ4n) is 9.81. The quantitative estimate of drug-likeness (QED) is 0.0627. The highest BCUT2D eigenvalue weighted by molar-refractivity contribution is 6.23. The highest BCUT2D eigenvalue weighted by Crippen LogP contribution is 2.55. The second-order valence-corrected chi connectivity index (χ2v) is 19.0. The normalized spacial score (nSPS) is 29.5. The molecule has 0 unspecified atom stereocenters. The molecule has 3 aromatic carbocycles. The summed E-state index contributed by atoms with van der Waals surface area (Å²) in [5.41, 5.74) is 0.652. The van der Waals surface area contributed by atoms with Crippen LogP contribution < -0.4 is 14.8 Å². The van der Waals surface area contributed by atoms with Crippen molar-refractivity contribution in [2.75, 3.05) is 32.6 Å². The number of phenols is 3. The van der Waals surface area contributed by atoms with E-state index in [2.05, 4.69) is 10.2 Å². The van der Waals surface area contributed by atoms with Gasteiger partial charge in [0.2, 0.25) is 0 Å². The van der Waals surface area contributed by atoms with Crippen molar-refractivity contribution >= 4 is 40.3 Å². The number of aliphatic hydroxyl groups is 2. The molecule has 4 aliphatic heterocycles. The number of ether oxygens (including phenoxy) is 5. The van der Waals surface area contributed by atoms with Crippen molar-refractivity contribution in [2.45, 2.75) is 118 Å². The van der Waals surface area contributed by atoms with Crippen LogP contribution in [0.2, 0.25) is 0 Å². The maximum Gasteiger partial charge on any atom is 0.312 e. The summed E-state index contributed by atoms with van der Waals surface area (Å²) in [4.78, 5) is 43.4. The number of piperazine rings is 1. The molecule has 0 radical (unpaired) electrons. The van der Waals surface area contributed by atoms with Gasteiger partial charge in [0.15, 0.2) is 5.75 Å². The Kier molecular flexibility index (Phi) is 16.1. The van der Waals surface area contributed by atoms with Crippen molar-refractivity contribution < 1.29 is 63.6 Å². The van der Waals surface area contributed by atoms with Gasteiger partial charge in [-0.3, -0.25) is 24.3 Å². The number of anilines is 1. The first kappa shape index (κ1) is 52.2. The van der Waals surface area contributed by atoms with Crippen LogP contribution in [0.5, 0.6) is 28.7 Å². The van der Waals surface area contributed by atoms with Gasteiger partial charge in [0.25, 0.3) is 11.7 Å². The van der Waals surface area contributed by atoms with E-state index in [1.165, 1.54) is 59.4 Å². The number of amides is 1. The largest absolute Gasteiger partial charge is 0.507 e. The maximum absolute atomic E-state index is 14.7. The van der Waals surface area contributed by atoms with Crippen LogP contribution in [0.25, 0.3) is 10.8 Å². The van der Waals surface area contributed by atoms with E-state index in [-0.39, 0.29) is 56.6 Å². The van der Waals surface area contributed by atoms with Crippen LogP contribution >= 0.6 is 0 Å². The highest BCUT2D eigenvalue weighted by atomic mass is 16.7. The topological polar surface area (TPSA) is 229 Å². The van der Waals surface area contributed by atoms with E-state index in [0.717, 1.165) is 11.3 Å². The molecule has 0 aromatic heterocycles. The first-order valence-corrected chi connectivity index (χ1v) is 23.3. The Balaban J connectivity index is 1.47. The third kappa shape index (κ3) is 10.6. The van der Waals surface area contributed by atoms with Crippen molar-refractivity contribution in [3.05, 3.63) is 82.7 Å². The molecule has 7 rings (SSSR count). The van der Waals surface area contributed by atoms with Crippen LogP contribution in [0.1, 0.15) is 89.4 Å². The molecule has 3 aromatic rings. The SMILES string of the molecule is COc1cccc(CN2C[C@H](C)N(N=Cc3c4c(O)c5c(O)c(C)c6c(c5c3O)C(=O)[C@@](C)(OC=C[C@H](OC)[C@H](C)[C@H](OC(C)=O)[C@H](C)[C@H](O)[C@H](C)[C@H](O)[C@@H](C)C=CC=C(C)C(=O)N4)O6)[C@@H](C)C2)c1. The number of nitrogens with one attached hydrogen (secondary N) is 1. The third-order valence-electron chi connectivity index (χ3n) is 13.8. The Bertz CT molecular complexity index is 2540. The molecule has 17 heteroatoms. The molecule has 69 heavy (non-hydrogen) atoms. The molecule has 6 N–H and O–H groups in total. The van der Waals surface area contributed by atoms with E-state index in [1.807, 2.05) is 43.1 Å². The second-order valence-electron chi connectivity index (χ2n) is 19.0.